The number of anilines is 1. The van der Waals surface area contributed by atoms with E-state index in [-0.39, 0.29) is 29.9 Å². The molecule has 2 rings (SSSR count). The summed E-state index contributed by atoms with van der Waals surface area (Å²) in [5.41, 5.74) is 5.81. The number of sulfonamides is 1. The molecule has 1 heterocycles. The highest BCUT2D eigenvalue weighted by Gasteiger charge is 2.22. The van der Waals surface area contributed by atoms with E-state index in [1.807, 2.05) is 6.92 Å². The quantitative estimate of drug-likeness (QED) is 0.669. The normalized spacial score (nSPS) is 17.7. The molecule has 140 valence electrons. The molecule has 1 aromatic rings. The van der Waals surface area contributed by atoms with E-state index in [1.165, 1.54) is 25.0 Å². The highest BCUT2D eigenvalue weighted by Crippen LogP contribution is 2.17. The van der Waals surface area contributed by atoms with Crippen molar-refractivity contribution < 1.29 is 13.2 Å². The molecule has 8 heteroatoms. The van der Waals surface area contributed by atoms with Gasteiger partial charge in [0.05, 0.1) is 10.9 Å². The van der Waals surface area contributed by atoms with Crippen molar-refractivity contribution in [1.82, 2.24) is 9.62 Å². The van der Waals surface area contributed by atoms with E-state index in [2.05, 4.69) is 14.9 Å². The Hall–Kier alpha value is -1.48. The Morgan fingerprint density at radius 3 is 2.56 bits per heavy atom. The summed E-state index contributed by atoms with van der Waals surface area (Å²) < 4.78 is 26.7. The fourth-order valence-corrected chi connectivity index (χ4v) is 4.01. The zero-order valence-electron chi connectivity index (χ0n) is 14.7. The van der Waals surface area contributed by atoms with Crippen LogP contribution >= 0.6 is 0 Å². The van der Waals surface area contributed by atoms with Crippen LogP contribution in [0, 0.1) is 0 Å². The zero-order chi connectivity index (χ0) is 18.3. The van der Waals surface area contributed by atoms with Gasteiger partial charge in [-0.05, 0) is 51.1 Å². The predicted octanol–water partition coefficient (Wildman–Crippen LogP) is 1.13. The number of amides is 1. The Balaban J connectivity index is 2.04. The number of hydrogen-bond donors (Lipinski definition) is 3. The predicted molar refractivity (Wildman–Crippen MR) is 98.8 cm³/mol. The van der Waals surface area contributed by atoms with Crippen molar-refractivity contribution in [1.29, 1.82) is 0 Å². The fraction of sp³-hybridized carbons (Fsp3) is 0.588. The molecule has 25 heavy (non-hydrogen) atoms. The van der Waals surface area contributed by atoms with Gasteiger partial charge in [0, 0.05) is 18.8 Å². The van der Waals surface area contributed by atoms with Crippen molar-refractivity contribution in [2.24, 2.45) is 5.73 Å². The standard InChI is InChI=1S/C17H28N4O3S/c1-14(21-11-4-2-3-5-12-21)17(22)20-15-7-6-8-16(13-15)25(23,24)19-10-9-18/h6-8,13-14,19H,2-5,9-12,18H2,1H3,(H,20,22). The summed E-state index contributed by atoms with van der Waals surface area (Å²) in [5, 5.41) is 2.83. The number of benzene rings is 1. The molecule has 0 bridgehead atoms. The monoisotopic (exact) mass is 368 g/mol. The molecule has 1 fully saturated rings. The molecule has 7 nitrogen and oxygen atoms in total. The molecule has 0 spiro atoms. The van der Waals surface area contributed by atoms with Gasteiger partial charge in [0.1, 0.15) is 0 Å². The van der Waals surface area contributed by atoms with Crippen LogP contribution in [0.15, 0.2) is 29.2 Å². The van der Waals surface area contributed by atoms with Crippen molar-refractivity contribution in [2.75, 3.05) is 31.5 Å². The van der Waals surface area contributed by atoms with E-state index in [4.69, 9.17) is 5.73 Å². The lowest BCUT2D eigenvalue weighted by atomic mass is 10.2. The van der Waals surface area contributed by atoms with E-state index in [9.17, 15) is 13.2 Å². The summed E-state index contributed by atoms with van der Waals surface area (Å²) in [5.74, 6) is -0.119. The van der Waals surface area contributed by atoms with Crippen LogP contribution in [0.1, 0.15) is 32.6 Å². The van der Waals surface area contributed by atoms with Gasteiger partial charge in [-0.25, -0.2) is 13.1 Å². The third kappa shape index (κ3) is 5.78. The number of nitrogens with zero attached hydrogens (tertiary/aromatic N) is 1. The first-order chi connectivity index (χ1) is 11.9. The highest BCUT2D eigenvalue weighted by atomic mass is 32.2. The van der Waals surface area contributed by atoms with Crippen LogP contribution in [0.2, 0.25) is 0 Å². The van der Waals surface area contributed by atoms with Gasteiger partial charge in [-0.15, -0.1) is 0 Å². The maximum atomic E-state index is 12.5. The van der Waals surface area contributed by atoms with Crippen LogP contribution in [0.25, 0.3) is 0 Å². The summed E-state index contributed by atoms with van der Waals surface area (Å²) in [6.45, 7) is 4.13. The number of rotatable bonds is 7. The Morgan fingerprint density at radius 2 is 1.92 bits per heavy atom. The molecule has 1 saturated heterocycles. The maximum Gasteiger partial charge on any atom is 0.241 e. The Labute approximate surface area is 150 Å². The first-order valence-electron chi connectivity index (χ1n) is 8.79. The van der Waals surface area contributed by atoms with Crippen LogP contribution in [-0.2, 0) is 14.8 Å². The van der Waals surface area contributed by atoms with Crippen LogP contribution < -0.4 is 15.8 Å². The number of nitrogens with two attached hydrogens (primary N) is 1. The van der Waals surface area contributed by atoms with Crippen LogP contribution in [0.3, 0.4) is 0 Å². The SMILES string of the molecule is CC(C(=O)Nc1cccc(S(=O)(=O)NCCN)c1)N1CCCCCC1. The molecule has 0 saturated carbocycles. The summed E-state index contributed by atoms with van der Waals surface area (Å²) in [7, 11) is -3.62. The second kappa shape index (κ2) is 9.28. The fourth-order valence-electron chi connectivity index (χ4n) is 2.91. The van der Waals surface area contributed by atoms with Crippen molar-refractivity contribution in [3.63, 3.8) is 0 Å². The molecule has 1 atom stereocenters. The van der Waals surface area contributed by atoms with E-state index >= 15 is 0 Å². The smallest absolute Gasteiger partial charge is 0.241 e. The molecule has 1 aliphatic rings. The molecule has 1 aliphatic heterocycles. The van der Waals surface area contributed by atoms with E-state index in [0.717, 1.165) is 25.9 Å². The number of nitrogens with one attached hydrogen (secondary N) is 2. The largest absolute Gasteiger partial charge is 0.329 e. The lowest BCUT2D eigenvalue weighted by Crippen LogP contribution is -2.42. The van der Waals surface area contributed by atoms with Gasteiger partial charge in [0.2, 0.25) is 15.9 Å². The van der Waals surface area contributed by atoms with Crippen molar-refractivity contribution in [2.45, 2.75) is 43.5 Å². The molecule has 1 unspecified atom stereocenters. The summed E-state index contributed by atoms with van der Waals surface area (Å²) in [6, 6.07) is 6.02. The van der Waals surface area contributed by atoms with Gasteiger partial charge >= 0.3 is 0 Å². The molecule has 0 radical (unpaired) electrons. The molecule has 1 aromatic carbocycles. The Morgan fingerprint density at radius 1 is 1.24 bits per heavy atom. The highest BCUT2D eigenvalue weighted by molar-refractivity contribution is 7.89. The third-order valence-corrected chi connectivity index (χ3v) is 5.87. The molecule has 0 aromatic heterocycles. The number of hydrogen-bond acceptors (Lipinski definition) is 5. The average Bonchev–Trinajstić information content (AvgIpc) is 2.89. The Bertz CT molecular complexity index is 670. The van der Waals surface area contributed by atoms with E-state index in [1.54, 1.807) is 12.1 Å². The second-order valence-electron chi connectivity index (χ2n) is 6.33. The van der Waals surface area contributed by atoms with Crippen LogP contribution in [0.5, 0.6) is 0 Å². The van der Waals surface area contributed by atoms with Crippen LogP contribution in [-0.4, -0.2) is 51.4 Å². The lowest BCUT2D eigenvalue weighted by Gasteiger charge is -2.26. The minimum atomic E-state index is -3.62. The minimum absolute atomic E-state index is 0.112. The van der Waals surface area contributed by atoms with Gasteiger partial charge < -0.3 is 11.1 Å². The van der Waals surface area contributed by atoms with E-state index in [0.29, 0.717) is 5.69 Å². The lowest BCUT2D eigenvalue weighted by molar-refractivity contribution is -0.120. The number of likely N-dealkylation sites (tertiary alicyclic amines) is 1. The van der Waals surface area contributed by atoms with Gasteiger partial charge in [-0.1, -0.05) is 18.9 Å². The van der Waals surface area contributed by atoms with Crippen molar-refractivity contribution in [3.05, 3.63) is 24.3 Å². The summed E-state index contributed by atoms with van der Waals surface area (Å²) >= 11 is 0. The summed E-state index contributed by atoms with van der Waals surface area (Å²) in [4.78, 5) is 14.8. The van der Waals surface area contributed by atoms with Gasteiger partial charge in [0.15, 0.2) is 0 Å². The van der Waals surface area contributed by atoms with Crippen molar-refractivity contribution >= 4 is 21.6 Å². The average molecular weight is 369 g/mol. The first-order valence-corrected chi connectivity index (χ1v) is 10.3. The molecular weight excluding hydrogens is 340 g/mol. The molecule has 1 amide bonds. The Kier molecular flexibility index (Phi) is 7.37. The van der Waals surface area contributed by atoms with E-state index < -0.39 is 10.0 Å². The van der Waals surface area contributed by atoms with Crippen LogP contribution in [0.4, 0.5) is 5.69 Å². The zero-order valence-corrected chi connectivity index (χ0v) is 15.5. The molecule has 0 aliphatic carbocycles. The van der Waals surface area contributed by atoms with Gasteiger partial charge in [0.25, 0.3) is 0 Å². The number of carbonyl (C=O) groups excluding carboxylic acids is 1. The second-order valence-corrected chi connectivity index (χ2v) is 8.10. The maximum absolute atomic E-state index is 12.5. The molecule has 4 N–H and O–H groups in total. The third-order valence-electron chi connectivity index (χ3n) is 4.42. The van der Waals surface area contributed by atoms with Crippen molar-refractivity contribution in [3.8, 4) is 0 Å². The van der Waals surface area contributed by atoms with Gasteiger partial charge in [-0.3, -0.25) is 9.69 Å². The molecular formula is C17H28N4O3S. The first kappa shape index (κ1) is 19.8. The van der Waals surface area contributed by atoms with Gasteiger partial charge in [-0.2, -0.15) is 0 Å². The summed E-state index contributed by atoms with van der Waals surface area (Å²) in [6.07, 6.45) is 4.64. The topological polar surface area (TPSA) is 105 Å². The minimum Gasteiger partial charge on any atom is -0.329 e. The number of carbonyl (C=O) groups is 1.